The minimum atomic E-state index is -0.500. The van der Waals surface area contributed by atoms with E-state index >= 15 is 0 Å². The van der Waals surface area contributed by atoms with E-state index < -0.39 is 11.8 Å². The van der Waals surface area contributed by atoms with Crippen LogP contribution < -0.4 is 20.3 Å². The van der Waals surface area contributed by atoms with E-state index in [2.05, 4.69) is 10.9 Å². The standard InChI is InChI=1S/C19H19ClN2O4/c1-3-26-17-12-13(8-10-16(17)25-2)9-11-18(23)21-22-19(24)14-6-4-5-7-15(14)20/h4-12H,3H2,1-2H3,(H,21,23)(H,22,24)/b11-9+. The third kappa shape index (κ3) is 5.26. The molecule has 0 bridgehead atoms. The first-order valence-corrected chi connectivity index (χ1v) is 8.26. The van der Waals surface area contributed by atoms with Crippen LogP contribution in [-0.4, -0.2) is 25.5 Å². The summed E-state index contributed by atoms with van der Waals surface area (Å²) in [5.41, 5.74) is 5.63. The molecule has 0 spiro atoms. The lowest BCUT2D eigenvalue weighted by atomic mass is 10.2. The molecule has 7 heteroatoms. The van der Waals surface area contributed by atoms with Gasteiger partial charge in [0.25, 0.3) is 11.8 Å². The molecule has 0 radical (unpaired) electrons. The second-order valence-corrected chi connectivity index (χ2v) is 5.51. The molecule has 26 heavy (non-hydrogen) atoms. The van der Waals surface area contributed by atoms with Crippen molar-refractivity contribution in [3.05, 3.63) is 64.7 Å². The average molecular weight is 375 g/mol. The Kier molecular flexibility index (Phi) is 7.05. The van der Waals surface area contributed by atoms with Crippen molar-refractivity contribution < 1.29 is 19.1 Å². The molecular formula is C19H19ClN2O4. The monoisotopic (exact) mass is 374 g/mol. The predicted molar refractivity (Wildman–Crippen MR) is 100 cm³/mol. The Morgan fingerprint density at radius 3 is 2.58 bits per heavy atom. The predicted octanol–water partition coefficient (Wildman–Crippen LogP) is 3.22. The van der Waals surface area contributed by atoms with Gasteiger partial charge in [-0.1, -0.05) is 29.8 Å². The fourth-order valence-electron chi connectivity index (χ4n) is 2.11. The van der Waals surface area contributed by atoms with Crippen molar-refractivity contribution >= 4 is 29.5 Å². The first kappa shape index (κ1) is 19.3. The largest absolute Gasteiger partial charge is 0.493 e. The number of ether oxygens (including phenoxy) is 2. The van der Waals surface area contributed by atoms with Crippen molar-refractivity contribution in [3.8, 4) is 11.5 Å². The Morgan fingerprint density at radius 2 is 1.88 bits per heavy atom. The third-order valence-electron chi connectivity index (χ3n) is 3.33. The van der Waals surface area contributed by atoms with Gasteiger partial charge in [-0.25, -0.2) is 0 Å². The minimum Gasteiger partial charge on any atom is -0.493 e. The summed E-state index contributed by atoms with van der Waals surface area (Å²) in [6, 6.07) is 11.8. The van der Waals surface area contributed by atoms with Gasteiger partial charge in [0.2, 0.25) is 0 Å². The Bertz CT molecular complexity index is 821. The molecule has 0 aromatic heterocycles. The second-order valence-electron chi connectivity index (χ2n) is 5.10. The van der Waals surface area contributed by atoms with E-state index in [1.807, 2.05) is 6.92 Å². The van der Waals surface area contributed by atoms with Gasteiger partial charge in [-0.3, -0.25) is 20.4 Å². The van der Waals surface area contributed by atoms with E-state index in [0.29, 0.717) is 23.1 Å². The second kappa shape index (κ2) is 9.48. The van der Waals surface area contributed by atoms with Gasteiger partial charge in [0, 0.05) is 6.08 Å². The van der Waals surface area contributed by atoms with Crippen LogP contribution in [-0.2, 0) is 4.79 Å². The molecule has 0 unspecified atom stereocenters. The number of hydrogen-bond acceptors (Lipinski definition) is 4. The summed E-state index contributed by atoms with van der Waals surface area (Å²) in [6.07, 6.45) is 2.89. The Balaban J connectivity index is 1.96. The zero-order valence-electron chi connectivity index (χ0n) is 14.4. The topological polar surface area (TPSA) is 76.7 Å². The molecule has 2 N–H and O–H groups in total. The molecule has 2 aromatic carbocycles. The molecule has 6 nitrogen and oxygen atoms in total. The van der Waals surface area contributed by atoms with Crippen molar-refractivity contribution in [3.63, 3.8) is 0 Å². The number of benzene rings is 2. The lowest BCUT2D eigenvalue weighted by Gasteiger charge is -2.09. The van der Waals surface area contributed by atoms with Crippen LogP contribution in [0.25, 0.3) is 6.08 Å². The molecule has 0 fully saturated rings. The van der Waals surface area contributed by atoms with Crippen LogP contribution in [0.1, 0.15) is 22.8 Å². The summed E-state index contributed by atoms with van der Waals surface area (Å²) in [5.74, 6) is 0.213. The SMILES string of the molecule is CCOc1cc(/C=C/C(=O)NNC(=O)c2ccccc2Cl)ccc1OC. The number of halogens is 1. The maximum atomic E-state index is 12.0. The third-order valence-corrected chi connectivity index (χ3v) is 3.66. The van der Waals surface area contributed by atoms with Gasteiger partial charge in [0.1, 0.15) is 0 Å². The highest BCUT2D eigenvalue weighted by atomic mass is 35.5. The number of carbonyl (C=O) groups excluding carboxylic acids is 2. The van der Waals surface area contributed by atoms with Crippen molar-refractivity contribution in [2.24, 2.45) is 0 Å². The molecular weight excluding hydrogens is 356 g/mol. The van der Waals surface area contributed by atoms with Crippen LogP contribution in [0.15, 0.2) is 48.5 Å². The summed E-state index contributed by atoms with van der Waals surface area (Å²) in [7, 11) is 1.56. The summed E-state index contributed by atoms with van der Waals surface area (Å²) >= 11 is 5.93. The minimum absolute atomic E-state index is 0.273. The number of carbonyl (C=O) groups is 2. The summed E-state index contributed by atoms with van der Waals surface area (Å²) in [6.45, 7) is 2.37. The fourth-order valence-corrected chi connectivity index (χ4v) is 2.33. The molecule has 2 amide bonds. The maximum absolute atomic E-state index is 12.0. The van der Waals surface area contributed by atoms with Gasteiger partial charge < -0.3 is 9.47 Å². The van der Waals surface area contributed by atoms with Gasteiger partial charge in [0.05, 0.1) is 24.3 Å². The first-order chi connectivity index (χ1) is 12.5. The molecule has 0 aliphatic heterocycles. The van der Waals surface area contributed by atoms with E-state index in [0.717, 1.165) is 5.56 Å². The molecule has 2 rings (SSSR count). The van der Waals surface area contributed by atoms with Crippen LogP contribution in [0.4, 0.5) is 0 Å². The number of hydrogen-bond donors (Lipinski definition) is 2. The molecule has 136 valence electrons. The van der Waals surface area contributed by atoms with Gasteiger partial charge in [-0.15, -0.1) is 0 Å². The van der Waals surface area contributed by atoms with E-state index in [4.69, 9.17) is 21.1 Å². The Hall–Kier alpha value is -2.99. The van der Waals surface area contributed by atoms with Crippen molar-refractivity contribution in [2.45, 2.75) is 6.92 Å². The van der Waals surface area contributed by atoms with Gasteiger partial charge in [-0.05, 0) is 42.8 Å². The fraction of sp³-hybridized carbons (Fsp3) is 0.158. The Labute approximate surface area is 156 Å². The van der Waals surface area contributed by atoms with E-state index in [9.17, 15) is 9.59 Å². The van der Waals surface area contributed by atoms with E-state index in [1.54, 1.807) is 55.7 Å². The molecule has 0 saturated heterocycles. The lowest BCUT2D eigenvalue weighted by molar-refractivity contribution is -0.117. The highest BCUT2D eigenvalue weighted by molar-refractivity contribution is 6.33. The van der Waals surface area contributed by atoms with Crippen LogP contribution >= 0.6 is 11.6 Å². The van der Waals surface area contributed by atoms with Crippen LogP contribution in [0.2, 0.25) is 5.02 Å². The summed E-state index contributed by atoms with van der Waals surface area (Å²) in [4.78, 5) is 23.8. The highest BCUT2D eigenvalue weighted by Gasteiger charge is 2.09. The summed E-state index contributed by atoms with van der Waals surface area (Å²) < 4.78 is 10.7. The number of rotatable bonds is 6. The summed E-state index contributed by atoms with van der Waals surface area (Å²) in [5, 5.41) is 0.302. The molecule has 0 aliphatic carbocycles. The van der Waals surface area contributed by atoms with Gasteiger partial charge in [0.15, 0.2) is 11.5 Å². The molecule has 0 saturated carbocycles. The zero-order chi connectivity index (χ0) is 18.9. The molecule has 0 atom stereocenters. The van der Waals surface area contributed by atoms with Gasteiger partial charge in [-0.2, -0.15) is 0 Å². The average Bonchev–Trinajstić information content (AvgIpc) is 2.65. The zero-order valence-corrected chi connectivity index (χ0v) is 15.2. The van der Waals surface area contributed by atoms with Crippen molar-refractivity contribution in [1.29, 1.82) is 0 Å². The Morgan fingerprint density at radius 1 is 1.12 bits per heavy atom. The molecule has 0 aliphatic rings. The van der Waals surface area contributed by atoms with Crippen molar-refractivity contribution in [2.75, 3.05) is 13.7 Å². The molecule has 2 aromatic rings. The lowest BCUT2D eigenvalue weighted by Crippen LogP contribution is -2.40. The first-order valence-electron chi connectivity index (χ1n) is 7.89. The normalized spacial score (nSPS) is 10.4. The highest BCUT2D eigenvalue weighted by Crippen LogP contribution is 2.28. The number of methoxy groups -OCH3 is 1. The van der Waals surface area contributed by atoms with Crippen LogP contribution in [0.5, 0.6) is 11.5 Å². The van der Waals surface area contributed by atoms with Gasteiger partial charge >= 0.3 is 0 Å². The number of amides is 2. The number of nitrogens with one attached hydrogen (secondary N) is 2. The van der Waals surface area contributed by atoms with E-state index in [1.165, 1.54) is 6.08 Å². The maximum Gasteiger partial charge on any atom is 0.271 e. The quantitative estimate of drug-likeness (QED) is 0.601. The number of hydrazine groups is 1. The van der Waals surface area contributed by atoms with Crippen LogP contribution in [0.3, 0.4) is 0 Å². The molecule has 0 heterocycles. The van der Waals surface area contributed by atoms with E-state index in [-0.39, 0.29) is 5.56 Å². The van der Waals surface area contributed by atoms with Crippen molar-refractivity contribution in [1.82, 2.24) is 10.9 Å². The van der Waals surface area contributed by atoms with Crippen LogP contribution in [0, 0.1) is 0 Å². The smallest absolute Gasteiger partial charge is 0.271 e.